The van der Waals surface area contributed by atoms with Crippen molar-refractivity contribution in [2.75, 3.05) is 4.90 Å². The third kappa shape index (κ3) is 4.49. The van der Waals surface area contributed by atoms with Gasteiger partial charge in [-0.2, -0.15) is 0 Å². The predicted molar refractivity (Wildman–Crippen MR) is 204 cm³/mol. The molecule has 232 valence electrons. The van der Waals surface area contributed by atoms with Crippen LogP contribution in [0.1, 0.15) is 47.2 Å². The Kier molecular flexibility index (Phi) is 6.68. The molecule has 9 rings (SSSR count). The molecule has 0 N–H and O–H groups in total. The van der Waals surface area contributed by atoms with Gasteiger partial charge in [0.2, 0.25) is 0 Å². The minimum atomic E-state index is -0.650. The molecule has 49 heavy (non-hydrogen) atoms. The summed E-state index contributed by atoms with van der Waals surface area (Å²) in [6, 6.07) is 63.5. The van der Waals surface area contributed by atoms with E-state index in [0.717, 1.165) is 22.6 Å². The van der Waals surface area contributed by atoms with Gasteiger partial charge in [-0.15, -0.1) is 0 Å². The van der Waals surface area contributed by atoms with Crippen molar-refractivity contribution in [1.82, 2.24) is 0 Å². The number of anilines is 3. The molecule has 2 aliphatic rings. The van der Waals surface area contributed by atoms with Gasteiger partial charge in [-0.05, 0) is 98.6 Å². The summed E-state index contributed by atoms with van der Waals surface area (Å²) in [5.74, 6) is 7.47. The molecule has 1 heteroatoms. The average Bonchev–Trinajstić information content (AvgIpc) is 3.57. The number of rotatable bonds is 4. The van der Waals surface area contributed by atoms with Gasteiger partial charge in [0.25, 0.3) is 0 Å². The van der Waals surface area contributed by atoms with Crippen molar-refractivity contribution < 1.29 is 0 Å². The Morgan fingerprint density at radius 1 is 0.408 bits per heavy atom. The maximum atomic E-state index is 3.87. The van der Waals surface area contributed by atoms with Crippen LogP contribution in [-0.2, 0) is 10.8 Å². The normalized spacial score (nSPS) is 16.0. The van der Waals surface area contributed by atoms with Crippen molar-refractivity contribution in [3.05, 3.63) is 209 Å². The molecule has 2 aliphatic carbocycles. The minimum Gasteiger partial charge on any atom is -0.310 e. The summed E-state index contributed by atoms with van der Waals surface area (Å²) >= 11 is 0. The minimum absolute atomic E-state index is 0.0979. The van der Waals surface area contributed by atoms with Gasteiger partial charge in [-0.1, -0.05) is 153 Å². The fourth-order valence-electron chi connectivity index (χ4n) is 8.16. The molecular formula is C48H35N. The third-order valence-corrected chi connectivity index (χ3v) is 10.5. The Balaban J connectivity index is 1.28. The lowest BCUT2D eigenvalue weighted by molar-refractivity contribution is 0.660. The van der Waals surface area contributed by atoms with E-state index in [4.69, 9.17) is 0 Å². The molecule has 0 aliphatic heterocycles. The quantitative estimate of drug-likeness (QED) is 0.176. The zero-order chi connectivity index (χ0) is 33.0. The molecule has 0 fully saturated rings. The van der Waals surface area contributed by atoms with Crippen LogP contribution in [0.5, 0.6) is 0 Å². The van der Waals surface area contributed by atoms with Crippen LogP contribution in [0.25, 0.3) is 22.3 Å². The maximum Gasteiger partial charge on any atom is 0.108 e. The summed E-state index contributed by atoms with van der Waals surface area (Å²) in [7, 11) is 0. The van der Waals surface area contributed by atoms with Gasteiger partial charge < -0.3 is 4.90 Å². The van der Waals surface area contributed by atoms with E-state index in [1.807, 2.05) is 6.07 Å². The number of para-hydroxylation sites is 1. The van der Waals surface area contributed by atoms with Crippen molar-refractivity contribution >= 4 is 17.1 Å². The molecule has 7 aromatic rings. The molecular weight excluding hydrogens is 591 g/mol. The molecule has 1 nitrogen and oxygen atoms in total. The second-order valence-corrected chi connectivity index (χ2v) is 13.6. The molecule has 0 spiro atoms. The summed E-state index contributed by atoms with van der Waals surface area (Å²) in [4.78, 5) is 2.41. The predicted octanol–water partition coefficient (Wildman–Crippen LogP) is 11.8. The van der Waals surface area contributed by atoms with Crippen molar-refractivity contribution in [3.8, 4) is 34.1 Å². The Morgan fingerprint density at radius 2 is 0.898 bits per heavy atom. The van der Waals surface area contributed by atoms with Crippen molar-refractivity contribution in [1.29, 1.82) is 0 Å². The first kappa shape index (κ1) is 29.1. The number of fused-ring (bicyclic) bond motifs is 6. The number of hydrogen-bond acceptors (Lipinski definition) is 1. The Labute approximate surface area is 289 Å². The van der Waals surface area contributed by atoms with Crippen LogP contribution in [0.4, 0.5) is 17.1 Å². The molecule has 0 bridgehead atoms. The third-order valence-electron chi connectivity index (χ3n) is 10.5. The van der Waals surface area contributed by atoms with Gasteiger partial charge in [0, 0.05) is 28.0 Å². The highest BCUT2D eigenvalue weighted by atomic mass is 15.1. The van der Waals surface area contributed by atoms with E-state index in [2.05, 4.69) is 200 Å². The fourth-order valence-corrected chi connectivity index (χ4v) is 8.16. The second-order valence-electron chi connectivity index (χ2n) is 13.6. The van der Waals surface area contributed by atoms with Gasteiger partial charge in [-0.25, -0.2) is 0 Å². The number of hydrogen-bond donors (Lipinski definition) is 0. The lowest BCUT2D eigenvalue weighted by atomic mass is 9.72. The molecule has 0 saturated carbocycles. The summed E-state index contributed by atoms with van der Waals surface area (Å²) in [5.41, 5.74) is 15.1. The fraction of sp³-hybridized carbons (Fsp3) is 0.0833. The van der Waals surface area contributed by atoms with Gasteiger partial charge >= 0.3 is 0 Å². The number of nitrogens with zero attached hydrogens (tertiary/aromatic N) is 1. The van der Waals surface area contributed by atoms with E-state index in [1.54, 1.807) is 0 Å². The van der Waals surface area contributed by atoms with E-state index < -0.39 is 5.41 Å². The molecule has 7 aromatic carbocycles. The SMILES string of the molecule is CC1(C)c2ccccc2-c2ccc(N(c3ccccc3)c3ccc4c(c3)C(C#Cc3ccccc3)(c3ccccc3)c3ccccc3-4)cc21. The zero-order valence-corrected chi connectivity index (χ0v) is 27.7. The summed E-state index contributed by atoms with van der Waals surface area (Å²) < 4.78 is 0. The Morgan fingerprint density at radius 3 is 1.57 bits per heavy atom. The van der Waals surface area contributed by atoms with E-state index in [-0.39, 0.29) is 5.41 Å². The van der Waals surface area contributed by atoms with E-state index in [9.17, 15) is 0 Å². The van der Waals surface area contributed by atoms with E-state index in [0.29, 0.717) is 0 Å². The van der Waals surface area contributed by atoms with Crippen LogP contribution in [0, 0.1) is 11.8 Å². The van der Waals surface area contributed by atoms with Gasteiger partial charge in [0.1, 0.15) is 5.41 Å². The highest BCUT2D eigenvalue weighted by Crippen LogP contribution is 2.55. The smallest absolute Gasteiger partial charge is 0.108 e. The molecule has 0 radical (unpaired) electrons. The lowest BCUT2D eigenvalue weighted by Crippen LogP contribution is -2.25. The molecule has 0 heterocycles. The molecule has 1 unspecified atom stereocenters. The zero-order valence-electron chi connectivity index (χ0n) is 27.7. The summed E-state index contributed by atoms with van der Waals surface area (Å²) in [6.45, 7) is 4.70. The van der Waals surface area contributed by atoms with E-state index in [1.165, 1.54) is 50.1 Å². The molecule has 1 atom stereocenters. The molecule has 0 aromatic heterocycles. The highest BCUT2D eigenvalue weighted by molar-refractivity contribution is 5.90. The Bertz CT molecular complexity index is 2410. The van der Waals surface area contributed by atoms with Crippen molar-refractivity contribution in [2.24, 2.45) is 0 Å². The van der Waals surface area contributed by atoms with Crippen LogP contribution in [0.15, 0.2) is 176 Å². The summed E-state index contributed by atoms with van der Waals surface area (Å²) in [6.07, 6.45) is 0. The van der Waals surface area contributed by atoms with Gasteiger partial charge in [0.15, 0.2) is 0 Å². The lowest BCUT2D eigenvalue weighted by Gasteiger charge is -2.31. The van der Waals surface area contributed by atoms with Crippen LogP contribution < -0.4 is 4.90 Å². The Hall–Kier alpha value is -6.10. The van der Waals surface area contributed by atoms with Crippen molar-refractivity contribution in [3.63, 3.8) is 0 Å². The standard InChI is InChI=1S/C48H35N/c1-47(2)43-24-14-12-22-39(43)41-28-26-37(32-45(41)47)49(36-20-10-5-11-21-36)38-27-29-42-40-23-13-15-25-44(40)48(46(42)33-38,35-18-8-4-9-19-35)31-30-34-16-6-3-7-17-34/h3-29,32-33H,1-2H3. The molecule has 0 saturated heterocycles. The van der Waals surface area contributed by atoms with Crippen molar-refractivity contribution in [2.45, 2.75) is 24.7 Å². The first-order valence-electron chi connectivity index (χ1n) is 17.0. The molecule has 0 amide bonds. The summed E-state index contributed by atoms with van der Waals surface area (Å²) in [5, 5.41) is 0. The van der Waals surface area contributed by atoms with Gasteiger partial charge in [-0.3, -0.25) is 0 Å². The van der Waals surface area contributed by atoms with E-state index >= 15 is 0 Å². The highest BCUT2D eigenvalue weighted by Gasteiger charge is 2.44. The topological polar surface area (TPSA) is 3.24 Å². The number of benzene rings is 7. The van der Waals surface area contributed by atoms with Crippen LogP contribution in [0.3, 0.4) is 0 Å². The first-order chi connectivity index (χ1) is 24.1. The average molecular weight is 626 g/mol. The second kappa shape index (κ2) is 11.3. The largest absolute Gasteiger partial charge is 0.310 e. The van der Waals surface area contributed by atoms with Crippen LogP contribution in [-0.4, -0.2) is 0 Å². The van der Waals surface area contributed by atoms with Crippen LogP contribution >= 0.6 is 0 Å². The first-order valence-corrected chi connectivity index (χ1v) is 17.0. The maximum absolute atomic E-state index is 3.87. The monoisotopic (exact) mass is 625 g/mol. The van der Waals surface area contributed by atoms with Gasteiger partial charge in [0.05, 0.1) is 0 Å². The van der Waals surface area contributed by atoms with Crippen LogP contribution in [0.2, 0.25) is 0 Å².